The number of esters is 1. The molecule has 102 valence electrons. The first-order valence-electron chi connectivity index (χ1n) is 6.51. The van der Waals surface area contributed by atoms with Crippen molar-refractivity contribution in [3.05, 3.63) is 53.2 Å². The van der Waals surface area contributed by atoms with Crippen molar-refractivity contribution in [3.63, 3.8) is 0 Å². The molecular formula is C15H15N3O2. The van der Waals surface area contributed by atoms with E-state index >= 15 is 0 Å². The standard InChI is InChI=1S/C15H15N3O2/c1-20-15(19)13-6-7-14(18-17-13)16-9-11-8-10-4-2-3-5-12(10)11/h2-7,11H,8-9H2,1H3,(H,16,18). The summed E-state index contributed by atoms with van der Waals surface area (Å²) in [5.74, 6) is 0.715. The number of methoxy groups -OCH3 is 1. The monoisotopic (exact) mass is 269 g/mol. The fourth-order valence-electron chi connectivity index (χ4n) is 2.41. The van der Waals surface area contributed by atoms with E-state index in [1.165, 1.54) is 18.2 Å². The Morgan fingerprint density at radius 3 is 2.85 bits per heavy atom. The van der Waals surface area contributed by atoms with E-state index in [1.54, 1.807) is 12.1 Å². The Hall–Kier alpha value is -2.43. The van der Waals surface area contributed by atoms with Crippen molar-refractivity contribution in [1.82, 2.24) is 10.2 Å². The normalized spacial score (nSPS) is 15.9. The Morgan fingerprint density at radius 2 is 2.15 bits per heavy atom. The van der Waals surface area contributed by atoms with Gasteiger partial charge in [0.05, 0.1) is 7.11 Å². The molecule has 0 saturated heterocycles. The lowest BCUT2D eigenvalue weighted by Crippen LogP contribution is -2.24. The molecule has 0 spiro atoms. The summed E-state index contributed by atoms with van der Waals surface area (Å²) in [5, 5.41) is 11.0. The fourth-order valence-corrected chi connectivity index (χ4v) is 2.41. The van der Waals surface area contributed by atoms with Gasteiger partial charge >= 0.3 is 5.97 Å². The third-order valence-electron chi connectivity index (χ3n) is 3.55. The second-order valence-corrected chi connectivity index (χ2v) is 4.78. The van der Waals surface area contributed by atoms with Gasteiger partial charge in [0.2, 0.25) is 0 Å². The first-order valence-corrected chi connectivity index (χ1v) is 6.51. The van der Waals surface area contributed by atoms with Gasteiger partial charge in [-0.2, -0.15) is 0 Å². The quantitative estimate of drug-likeness (QED) is 0.860. The highest BCUT2D eigenvalue weighted by Gasteiger charge is 2.24. The third-order valence-corrected chi connectivity index (χ3v) is 3.55. The predicted octanol–water partition coefficient (Wildman–Crippen LogP) is 2.01. The van der Waals surface area contributed by atoms with Crippen LogP contribution in [0.4, 0.5) is 5.82 Å². The molecule has 0 amide bonds. The summed E-state index contributed by atoms with van der Waals surface area (Å²) in [6.45, 7) is 0.823. The lowest BCUT2D eigenvalue weighted by Gasteiger charge is -2.30. The number of rotatable bonds is 4. The number of aromatic nitrogens is 2. The zero-order chi connectivity index (χ0) is 13.9. The van der Waals surface area contributed by atoms with E-state index in [1.807, 2.05) is 0 Å². The van der Waals surface area contributed by atoms with Crippen molar-refractivity contribution in [2.75, 3.05) is 19.0 Å². The van der Waals surface area contributed by atoms with Crippen LogP contribution in [0.25, 0.3) is 0 Å². The fraction of sp³-hybridized carbons (Fsp3) is 0.267. The van der Waals surface area contributed by atoms with Crippen LogP contribution in [0.5, 0.6) is 0 Å². The maximum Gasteiger partial charge on any atom is 0.358 e. The van der Waals surface area contributed by atoms with E-state index in [-0.39, 0.29) is 5.69 Å². The number of carbonyl (C=O) groups is 1. The van der Waals surface area contributed by atoms with E-state index in [9.17, 15) is 4.79 Å². The van der Waals surface area contributed by atoms with E-state index in [0.29, 0.717) is 11.7 Å². The Labute approximate surface area is 117 Å². The van der Waals surface area contributed by atoms with E-state index < -0.39 is 5.97 Å². The number of carbonyl (C=O) groups excluding carboxylic acids is 1. The Bertz CT molecular complexity index is 625. The summed E-state index contributed by atoms with van der Waals surface area (Å²) in [6.07, 6.45) is 1.09. The second-order valence-electron chi connectivity index (χ2n) is 4.78. The molecule has 5 heteroatoms. The summed E-state index contributed by atoms with van der Waals surface area (Å²) in [4.78, 5) is 11.2. The van der Waals surface area contributed by atoms with Crippen LogP contribution in [-0.4, -0.2) is 29.8 Å². The Balaban J connectivity index is 1.59. The molecule has 0 aliphatic heterocycles. The smallest absolute Gasteiger partial charge is 0.358 e. The molecule has 3 rings (SSSR count). The molecule has 1 aromatic heterocycles. The molecule has 1 unspecified atom stereocenters. The number of benzene rings is 1. The number of hydrogen-bond acceptors (Lipinski definition) is 5. The minimum atomic E-state index is -0.475. The Morgan fingerprint density at radius 1 is 1.30 bits per heavy atom. The molecule has 5 nitrogen and oxygen atoms in total. The van der Waals surface area contributed by atoms with Gasteiger partial charge in [-0.3, -0.25) is 0 Å². The highest BCUT2D eigenvalue weighted by Crippen LogP contribution is 2.34. The molecule has 20 heavy (non-hydrogen) atoms. The van der Waals surface area contributed by atoms with E-state index in [4.69, 9.17) is 0 Å². The summed E-state index contributed by atoms with van der Waals surface area (Å²) >= 11 is 0. The molecule has 1 N–H and O–H groups in total. The topological polar surface area (TPSA) is 64.1 Å². The van der Waals surface area contributed by atoms with Crippen molar-refractivity contribution < 1.29 is 9.53 Å². The number of fused-ring (bicyclic) bond motifs is 1. The predicted molar refractivity (Wildman–Crippen MR) is 74.7 cm³/mol. The van der Waals surface area contributed by atoms with Crippen molar-refractivity contribution >= 4 is 11.8 Å². The van der Waals surface area contributed by atoms with Crippen molar-refractivity contribution in [1.29, 1.82) is 0 Å². The van der Waals surface area contributed by atoms with Gasteiger partial charge in [0.25, 0.3) is 0 Å². The van der Waals surface area contributed by atoms with Crippen LogP contribution in [0.2, 0.25) is 0 Å². The van der Waals surface area contributed by atoms with Gasteiger partial charge in [0, 0.05) is 12.5 Å². The highest BCUT2D eigenvalue weighted by atomic mass is 16.5. The van der Waals surface area contributed by atoms with Crippen LogP contribution in [0.15, 0.2) is 36.4 Å². The molecule has 1 aromatic carbocycles. The van der Waals surface area contributed by atoms with Crippen molar-refractivity contribution in [3.8, 4) is 0 Å². The molecular weight excluding hydrogens is 254 g/mol. The highest BCUT2D eigenvalue weighted by molar-refractivity contribution is 5.86. The van der Waals surface area contributed by atoms with Gasteiger partial charge in [-0.05, 0) is 29.7 Å². The summed E-state index contributed by atoms with van der Waals surface area (Å²) in [6, 6.07) is 11.8. The lowest BCUT2D eigenvalue weighted by atomic mass is 9.78. The average molecular weight is 269 g/mol. The molecule has 0 fully saturated rings. The number of nitrogens with one attached hydrogen (secondary N) is 1. The Kier molecular flexibility index (Phi) is 3.33. The van der Waals surface area contributed by atoms with Crippen LogP contribution in [0.1, 0.15) is 27.5 Å². The van der Waals surface area contributed by atoms with E-state index in [2.05, 4.69) is 44.5 Å². The van der Waals surface area contributed by atoms with Gasteiger partial charge in [-0.15, -0.1) is 10.2 Å². The van der Waals surface area contributed by atoms with Crippen molar-refractivity contribution in [2.45, 2.75) is 12.3 Å². The van der Waals surface area contributed by atoms with Gasteiger partial charge in [0.1, 0.15) is 5.82 Å². The molecule has 1 aliphatic rings. The minimum absolute atomic E-state index is 0.215. The molecule has 0 saturated carbocycles. The largest absolute Gasteiger partial charge is 0.464 e. The minimum Gasteiger partial charge on any atom is -0.464 e. The summed E-state index contributed by atoms with van der Waals surface area (Å²) in [7, 11) is 1.32. The zero-order valence-electron chi connectivity index (χ0n) is 11.2. The van der Waals surface area contributed by atoms with Gasteiger partial charge < -0.3 is 10.1 Å². The number of anilines is 1. The molecule has 0 radical (unpaired) electrons. The number of hydrogen-bond donors (Lipinski definition) is 1. The van der Waals surface area contributed by atoms with Crippen LogP contribution in [-0.2, 0) is 11.2 Å². The maximum absolute atomic E-state index is 11.2. The van der Waals surface area contributed by atoms with Crippen LogP contribution in [0.3, 0.4) is 0 Å². The van der Waals surface area contributed by atoms with Gasteiger partial charge in [0.15, 0.2) is 5.69 Å². The van der Waals surface area contributed by atoms with E-state index in [0.717, 1.165) is 13.0 Å². The molecule has 1 heterocycles. The lowest BCUT2D eigenvalue weighted by molar-refractivity contribution is 0.0593. The van der Waals surface area contributed by atoms with Gasteiger partial charge in [-0.25, -0.2) is 4.79 Å². The second kappa shape index (κ2) is 5.28. The van der Waals surface area contributed by atoms with Crippen molar-refractivity contribution in [2.24, 2.45) is 0 Å². The summed E-state index contributed by atoms with van der Waals surface area (Å²) in [5.41, 5.74) is 3.04. The number of ether oxygens (including phenoxy) is 1. The first-order chi connectivity index (χ1) is 9.78. The van der Waals surface area contributed by atoms with Gasteiger partial charge in [-0.1, -0.05) is 24.3 Å². The van der Waals surface area contributed by atoms with Crippen LogP contribution < -0.4 is 5.32 Å². The van der Waals surface area contributed by atoms with Crippen LogP contribution >= 0.6 is 0 Å². The third kappa shape index (κ3) is 2.34. The molecule has 1 atom stereocenters. The van der Waals surface area contributed by atoms with Crippen LogP contribution in [0, 0.1) is 0 Å². The average Bonchev–Trinajstić information content (AvgIpc) is 2.48. The first kappa shape index (κ1) is 12.6. The summed E-state index contributed by atoms with van der Waals surface area (Å²) < 4.78 is 4.58. The molecule has 0 bridgehead atoms. The zero-order valence-corrected chi connectivity index (χ0v) is 11.2. The molecule has 1 aliphatic carbocycles. The SMILES string of the molecule is COC(=O)c1ccc(NCC2Cc3ccccc32)nn1. The maximum atomic E-state index is 11.2. The molecule has 2 aromatic rings. The number of nitrogens with zero attached hydrogens (tertiary/aromatic N) is 2.